The van der Waals surface area contributed by atoms with Crippen molar-refractivity contribution in [2.45, 2.75) is 38.8 Å². The van der Waals surface area contributed by atoms with Crippen molar-refractivity contribution in [1.29, 1.82) is 0 Å². The number of nitrogens with one attached hydrogen (secondary N) is 2. The molecular formula is C22H25N3O5. The summed E-state index contributed by atoms with van der Waals surface area (Å²) in [6.07, 6.45) is 0. The molecule has 0 aliphatic carbocycles. The molecule has 0 saturated carbocycles. The molecule has 1 aliphatic rings. The highest BCUT2D eigenvalue weighted by molar-refractivity contribution is 6.09. The smallest absolute Gasteiger partial charge is 0.326 e. The van der Waals surface area contributed by atoms with Crippen LogP contribution in [0.25, 0.3) is 10.8 Å². The fourth-order valence-electron chi connectivity index (χ4n) is 3.31. The van der Waals surface area contributed by atoms with Crippen LogP contribution in [0.4, 0.5) is 4.79 Å². The summed E-state index contributed by atoms with van der Waals surface area (Å²) in [4.78, 5) is 50.1. The molecular weight excluding hydrogens is 386 g/mol. The van der Waals surface area contributed by atoms with Crippen LogP contribution in [0.5, 0.6) is 0 Å². The van der Waals surface area contributed by atoms with E-state index in [1.54, 1.807) is 33.8 Å². The van der Waals surface area contributed by atoms with Crippen molar-refractivity contribution in [1.82, 2.24) is 15.5 Å². The lowest BCUT2D eigenvalue weighted by Crippen LogP contribution is -2.44. The minimum Gasteiger partial charge on any atom is -0.454 e. The zero-order chi connectivity index (χ0) is 22.1. The maximum atomic E-state index is 13.0. The third-order valence-corrected chi connectivity index (χ3v) is 4.77. The third-order valence-electron chi connectivity index (χ3n) is 4.77. The predicted octanol–water partition coefficient (Wildman–Crippen LogP) is 2.06. The van der Waals surface area contributed by atoms with Gasteiger partial charge in [0.2, 0.25) is 0 Å². The molecule has 0 aromatic heterocycles. The molecule has 3 rings (SSSR count). The molecule has 2 aromatic rings. The number of carbonyl (C=O) groups is 4. The quantitative estimate of drug-likeness (QED) is 0.579. The van der Waals surface area contributed by atoms with Gasteiger partial charge in [-0.05, 0) is 50.1 Å². The first-order valence-corrected chi connectivity index (χ1v) is 9.60. The SMILES string of the molecule is CC(C)(C)NC(=O)COC(=O)CN1C(=O)N[C@@](C)(c2ccc3ccccc3c2)C1=O. The number of rotatable bonds is 5. The Bertz CT molecular complexity index is 1030. The van der Waals surface area contributed by atoms with E-state index in [1.807, 2.05) is 36.4 Å². The first-order valence-electron chi connectivity index (χ1n) is 9.60. The second kappa shape index (κ2) is 7.78. The fraction of sp³-hybridized carbons (Fsp3) is 0.364. The highest BCUT2D eigenvalue weighted by Gasteiger charge is 2.49. The van der Waals surface area contributed by atoms with Gasteiger partial charge in [0.1, 0.15) is 12.1 Å². The van der Waals surface area contributed by atoms with Crippen molar-refractivity contribution in [3.05, 3.63) is 48.0 Å². The monoisotopic (exact) mass is 411 g/mol. The van der Waals surface area contributed by atoms with Crippen LogP contribution in [-0.2, 0) is 24.7 Å². The second-order valence-electron chi connectivity index (χ2n) is 8.47. The van der Waals surface area contributed by atoms with Gasteiger partial charge in [0.25, 0.3) is 11.8 Å². The van der Waals surface area contributed by atoms with Crippen LogP contribution in [-0.4, -0.2) is 47.4 Å². The van der Waals surface area contributed by atoms with E-state index in [9.17, 15) is 19.2 Å². The van der Waals surface area contributed by atoms with E-state index in [-0.39, 0.29) is 0 Å². The normalized spacial score (nSPS) is 19.0. The van der Waals surface area contributed by atoms with Gasteiger partial charge in [0.05, 0.1) is 0 Å². The van der Waals surface area contributed by atoms with Gasteiger partial charge in [-0.1, -0.05) is 36.4 Å². The Kier molecular flexibility index (Phi) is 5.52. The lowest BCUT2D eigenvalue weighted by atomic mass is 9.90. The lowest BCUT2D eigenvalue weighted by Gasteiger charge is -2.22. The van der Waals surface area contributed by atoms with E-state index in [2.05, 4.69) is 10.6 Å². The molecule has 8 nitrogen and oxygen atoms in total. The molecule has 2 N–H and O–H groups in total. The summed E-state index contributed by atoms with van der Waals surface area (Å²) in [6, 6.07) is 12.5. The van der Waals surface area contributed by atoms with Crippen LogP contribution in [0.1, 0.15) is 33.3 Å². The van der Waals surface area contributed by atoms with Gasteiger partial charge in [-0.3, -0.25) is 19.3 Å². The standard InChI is InChI=1S/C22H25N3O5/c1-21(2,3)23-17(26)13-30-18(27)12-25-19(28)22(4,24-20(25)29)16-10-9-14-7-5-6-8-15(14)11-16/h5-11H,12-13H2,1-4H3,(H,23,26)(H,24,29)/t22-/m0/s1. The summed E-state index contributed by atoms with van der Waals surface area (Å²) in [6.45, 7) is 5.94. The zero-order valence-electron chi connectivity index (χ0n) is 17.4. The van der Waals surface area contributed by atoms with E-state index in [0.717, 1.165) is 15.7 Å². The van der Waals surface area contributed by atoms with E-state index >= 15 is 0 Å². The number of benzene rings is 2. The highest BCUT2D eigenvalue weighted by Crippen LogP contribution is 2.30. The highest BCUT2D eigenvalue weighted by atomic mass is 16.5. The first-order chi connectivity index (χ1) is 14.0. The second-order valence-corrected chi connectivity index (χ2v) is 8.47. The van der Waals surface area contributed by atoms with E-state index < -0.39 is 48.0 Å². The number of urea groups is 1. The van der Waals surface area contributed by atoms with Gasteiger partial charge in [0.15, 0.2) is 6.61 Å². The predicted molar refractivity (Wildman–Crippen MR) is 110 cm³/mol. The number of amides is 4. The average Bonchev–Trinajstić information content (AvgIpc) is 2.89. The Balaban J connectivity index is 1.69. The van der Waals surface area contributed by atoms with Crippen molar-refractivity contribution in [2.75, 3.05) is 13.2 Å². The molecule has 0 bridgehead atoms. The maximum Gasteiger partial charge on any atom is 0.326 e. The summed E-state index contributed by atoms with van der Waals surface area (Å²) >= 11 is 0. The molecule has 1 saturated heterocycles. The number of nitrogens with zero attached hydrogens (tertiary/aromatic N) is 1. The van der Waals surface area contributed by atoms with Gasteiger partial charge in [-0.25, -0.2) is 4.79 Å². The number of hydrogen-bond donors (Lipinski definition) is 2. The average molecular weight is 411 g/mol. The zero-order valence-corrected chi connectivity index (χ0v) is 17.4. The van der Waals surface area contributed by atoms with Gasteiger partial charge < -0.3 is 15.4 Å². The Hall–Kier alpha value is -3.42. The molecule has 2 aromatic carbocycles. The van der Waals surface area contributed by atoms with E-state index in [1.165, 1.54) is 0 Å². The topological polar surface area (TPSA) is 105 Å². The van der Waals surface area contributed by atoms with E-state index in [0.29, 0.717) is 5.56 Å². The number of imide groups is 1. The molecule has 0 unspecified atom stereocenters. The van der Waals surface area contributed by atoms with E-state index in [4.69, 9.17) is 4.74 Å². The van der Waals surface area contributed by atoms with Gasteiger partial charge in [-0.15, -0.1) is 0 Å². The lowest BCUT2D eigenvalue weighted by molar-refractivity contribution is -0.151. The number of esters is 1. The third kappa shape index (κ3) is 4.42. The molecule has 0 spiro atoms. The van der Waals surface area contributed by atoms with Crippen molar-refractivity contribution in [2.24, 2.45) is 0 Å². The summed E-state index contributed by atoms with van der Waals surface area (Å²) in [5, 5.41) is 7.26. The molecule has 1 fully saturated rings. The Labute approximate surface area is 174 Å². The maximum absolute atomic E-state index is 13.0. The number of carbonyl (C=O) groups excluding carboxylic acids is 4. The summed E-state index contributed by atoms with van der Waals surface area (Å²) in [5.41, 5.74) is -1.15. The Morgan fingerprint density at radius 3 is 2.43 bits per heavy atom. The number of ether oxygens (including phenoxy) is 1. The summed E-state index contributed by atoms with van der Waals surface area (Å²) in [5.74, 6) is -1.86. The van der Waals surface area contributed by atoms with Gasteiger partial charge in [0, 0.05) is 5.54 Å². The van der Waals surface area contributed by atoms with Crippen molar-refractivity contribution >= 4 is 34.6 Å². The number of hydrogen-bond acceptors (Lipinski definition) is 5. The van der Waals surface area contributed by atoms with Crippen molar-refractivity contribution in [3.63, 3.8) is 0 Å². The van der Waals surface area contributed by atoms with Crippen LogP contribution in [0.3, 0.4) is 0 Å². The van der Waals surface area contributed by atoms with Crippen LogP contribution in [0.2, 0.25) is 0 Å². The molecule has 30 heavy (non-hydrogen) atoms. The summed E-state index contributed by atoms with van der Waals surface area (Å²) in [7, 11) is 0. The molecule has 4 amide bonds. The number of fused-ring (bicyclic) bond motifs is 1. The minimum atomic E-state index is -1.30. The largest absolute Gasteiger partial charge is 0.454 e. The Morgan fingerprint density at radius 1 is 1.10 bits per heavy atom. The van der Waals surface area contributed by atoms with Crippen LogP contribution in [0.15, 0.2) is 42.5 Å². The van der Waals surface area contributed by atoms with Crippen molar-refractivity contribution in [3.8, 4) is 0 Å². The summed E-state index contributed by atoms with van der Waals surface area (Å²) < 4.78 is 4.91. The molecule has 1 atom stereocenters. The molecule has 1 heterocycles. The van der Waals surface area contributed by atoms with Gasteiger partial charge >= 0.3 is 12.0 Å². The van der Waals surface area contributed by atoms with Crippen LogP contribution in [0, 0.1) is 0 Å². The molecule has 1 aliphatic heterocycles. The molecule has 158 valence electrons. The van der Waals surface area contributed by atoms with Crippen LogP contribution >= 0.6 is 0 Å². The minimum absolute atomic E-state index is 0.462. The van der Waals surface area contributed by atoms with Gasteiger partial charge in [-0.2, -0.15) is 0 Å². The fourth-order valence-corrected chi connectivity index (χ4v) is 3.31. The first kappa shape index (κ1) is 21.3. The molecule has 8 heteroatoms. The van der Waals surface area contributed by atoms with Crippen LogP contribution < -0.4 is 10.6 Å². The Morgan fingerprint density at radius 2 is 1.77 bits per heavy atom. The van der Waals surface area contributed by atoms with Crippen molar-refractivity contribution < 1.29 is 23.9 Å². The molecule has 0 radical (unpaired) electrons.